The highest BCUT2D eigenvalue weighted by Crippen LogP contribution is 2.26. The lowest BCUT2D eigenvalue weighted by Crippen LogP contribution is -2.53. The summed E-state index contributed by atoms with van der Waals surface area (Å²) in [6, 6.07) is 14.7. The highest BCUT2D eigenvalue weighted by molar-refractivity contribution is 7.92. The number of nitrogens with zero attached hydrogens (tertiary/aromatic N) is 2. The molecule has 0 fully saturated rings. The monoisotopic (exact) mass is 573 g/mol. The van der Waals surface area contributed by atoms with Gasteiger partial charge in [0.15, 0.2) is 0 Å². The zero-order valence-corrected chi connectivity index (χ0v) is 23.6. The van der Waals surface area contributed by atoms with E-state index in [1.807, 2.05) is 0 Å². The number of hydrogen-bond acceptors (Lipinski definition) is 5. The molecule has 1 unspecified atom stereocenters. The van der Waals surface area contributed by atoms with E-state index in [-0.39, 0.29) is 29.6 Å². The molecular weight excluding hydrogens is 540 g/mol. The second-order valence-corrected chi connectivity index (χ2v) is 11.3. The molecule has 0 saturated heterocycles. The van der Waals surface area contributed by atoms with E-state index in [0.29, 0.717) is 11.3 Å². The third-order valence-corrected chi connectivity index (χ3v) is 7.91. The van der Waals surface area contributed by atoms with Crippen LogP contribution in [0.1, 0.15) is 32.8 Å². The lowest BCUT2D eigenvalue weighted by molar-refractivity contribution is -0.140. The summed E-state index contributed by atoms with van der Waals surface area (Å²) in [4.78, 5) is 28.2. The molecule has 0 aromatic heterocycles. The first kappa shape index (κ1) is 30.6. The van der Waals surface area contributed by atoms with Crippen LogP contribution in [0, 0.1) is 11.6 Å². The highest BCUT2D eigenvalue weighted by atomic mass is 32.2. The van der Waals surface area contributed by atoms with Crippen LogP contribution in [-0.2, 0) is 26.2 Å². The fraction of sp³-hybridized carbons (Fsp3) is 0.310. The third kappa shape index (κ3) is 7.56. The first-order valence-corrected chi connectivity index (χ1v) is 14.2. The van der Waals surface area contributed by atoms with E-state index in [4.69, 9.17) is 4.74 Å². The van der Waals surface area contributed by atoms with E-state index in [2.05, 4.69) is 5.32 Å². The van der Waals surface area contributed by atoms with Gasteiger partial charge in [0.05, 0.1) is 17.7 Å². The van der Waals surface area contributed by atoms with Crippen LogP contribution in [0.25, 0.3) is 0 Å². The molecule has 0 radical (unpaired) electrons. The van der Waals surface area contributed by atoms with Gasteiger partial charge in [-0.25, -0.2) is 17.2 Å². The number of nitrogens with one attached hydrogen (secondary N) is 1. The Bertz CT molecular complexity index is 1400. The zero-order valence-electron chi connectivity index (χ0n) is 22.8. The standard InChI is InChI=1S/C29H33F2N3O5S/c1-5-27(29(36)32-20(2)3)33(18-21-6-8-22(30)9-7-21)28(35)19-34(24-12-10-23(31)11-13-24)40(37,38)26-16-14-25(39-4)15-17-26/h6-17,20,27H,5,18-19H2,1-4H3,(H,32,36). The summed E-state index contributed by atoms with van der Waals surface area (Å²) in [5, 5.41) is 2.80. The first-order chi connectivity index (χ1) is 19.0. The second-order valence-electron chi connectivity index (χ2n) is 9.40. The SMILES string of the molecule is CCC(C(=O)NC(C)C)N(Cc1ccc(F)cc1)C(=O)CN(c1ccc(F)cc1)S(=O)(=O)c1ccc(OC)cc1. The molecule has 0 bridgehead atoms. The average molecular weight is 574 g/mol. The van der Waals surface area contributed by atoms with Gasteiger partial charge in [-0.3, -0.25) is 13.9 Å². The molecule has 1 atom stereocenters. The quantitative estimate of drug-likeness (QED) is 0.344. The molecule has 0 aliphatic heterocycles. The number of benzene rings is 3. The first-order valence-electron chi connectivity index (χ1n) is 12.7. The third-order valence-electron chi connectivity index (χ3n) is 6.12. The number of methoxy groups -OCH3 is 1. The smallest absolute Gasteiger partial charge is 0.264 e. The van der Waals surface area contributed by atoms with Crippen molar-refractivity contribution in [2.24, 2.45) is 0 Å². The number of carbonyl (C=O) groups is 2. The summed E-state index contributed by atoms with van der Waals surface area (Å²) in [5.41, 5.74) is 0.615. The van der Waals surface area contributed by atoms with Gasteiger partial charge >= 0.3 is 0 Å². The van der Waals surface area contributed by atoms with Crippen molar-refractivity contribution in [1.29, 1.82) is 0 Å². The molecule has 0 spiro atoms. The van der Waals surface area contributed by atoms with Crippen LogP contribution in [0.3, 0.4) is 0 Å². The van der Waals surface area contributed by atoms with Crippen LogP contribution in [0.5, 0.6) is 5.75 Å². The van der Waals surface area contributed by atoms with E-state index in [1.54, 1.807) is 20.8 Å². The molecular formula is C29H33F2N3O5S. The molecule has 214 valence electrons. The minimum Gasteiger partial charge on any atom is -0.497 e. The van der Waals surface area contributed by atoms with Crippen LogP contribution < -0.4 is 14.4 Å². The van der Waals surface area contributed by atoms with Crippen molar-refractivity contribution in [2.45, 2.75) is 50.7 Å². The number of anilines is 1. The number of amides is 2. The number of sulfonamides is 1. The Morgan fingerprint density at radius 3 is 1.95 bits per heavy atom. The summed E-state index contributed by atoms with van der Waals surface area (Å²) in [5.74, 6) is -1.67. The van der Waals surface area contributed by atoms with Gasteiger partial charge in [0.1, 0.15) is 30.0 Å². The Hall–Kier alpha value is -3.99. The van der Waals surface area contributed by atoms with Crippen LogP contribution in [0.2, 0.25) is 0 Å². The van der Waals surface area contributed by atoms with E-state index >= 15 is 0 Å². The number of rotatable bonds is 12. The van der Waals surface area contributed by atoms with Gasteiger partial charge < -0.3 is 15.0 Å². The average Bonchev–Trinajstić information content (AvgIpc) is 2.92. The fourth-order valence-electron chi connectivity index (χ4n) is 4.10. The highest BCUT2D eigenvalue weighted by Gasteiger charge is 2.34. The molecule has 3 aromatic rings. The van der Waals surface area contributed by atoms with Gasteiger partial charge in [0.2, 0.25) is 11.8 Å². The van der Waals surface area contributed by atoms with Gasteiger partial charge in [-0.15, -0.1) is 0 Å². The molecule has 11 heteroatoms. The molecule has 0 saturated carbocycles. The topological polar surface area (TPSA) is 96.0 Å². The van der Waals surface area contributed by atoms with Crippen molar-refractivity contribution >= 4 is 27.5 Å². The minimum atomic E-state index is -4.31. The van der Waals surface area contributed by atoms with Gasteiger partial charge in [-0.2, -0.15) is 0 Å². The van der Waals surface area contributed by atoms with Crippen molar-refractivity contribution < 1.29 is 31.5 Å². The van der Waals surface area contributed by atoms with E-state index in [1.165, 1.54) is 72.7 Å². The van der Waals surface area contributed by atoms with E-state index in [0.717, 1.165) is 16.4 Å². The Balaban J connectivity index is 2.05. The molecule has 1 N–H and O–H groups in total. The summed E-state index contributed by atoms with van der Waals surface area (Å²) in [7, 11) is -2.87. The number of halogens is 2. The zero-order chi connectivity index (χ0) is 29.4. The molecule has 0 aliphatic carbocycles. The Kier molecular flexibility index (Phi) is 10.2. The van der Waals surface area contributed by atoms with Crippen LogP contribution in [0.4, 0.5) is 14.5 Å². The molecule has 3 rings (SSSR count). The maximum atomic E-state index is 13.9. The van der Waals surface area contributed by atoms with Crippen LogP contribution in [-0.4, -0.2) is 50.9 Å². The molecule has 2 amide bonds. The summed E-state index contributed by atoms with van der Waals surface area (Å²) >= 11 is 0. The maximum Gasteiger partial charge on any atom is 0.264 e. The lowest BCUT2D eigenvalue weighted by atomic mass is 10.1. The van der Waals surface area contributed by atoms with Crippen molar-refractivity contribution in [1.82, 2.24) is 10.2 Å². The van der Waals surface area contributed by atoms with E-state index < -0.39 is 46.1 Å². The molecule has 8 nitrogen and oxygen atoms in total. The lowest BCUT2D eigenvalue weighted by Gasteiger charge is -2.33. The Morgan fingerprint density at radius 1 is 0.900 bits per heavy atom. The largest absolute Gasteiger partial charge is 0.497 e. The van der Waals surface area contributed by atoms with Crippen LogP contribution in [0.15, 0.2) is 77.7 Å². The summed E-state index contributed by atoms with van der Waals surface area (Å²) in [6.45, 7) is 4.57. The summed E-state index contributed by atoms with van der Waals surface area (Å²) in [6.07, 6.45) is 0.243. The Labute approximate surface area is 233 Å². The van der Waals surface area contributed by atoms with Gasteiger partial charge in [0.25, 0.3) is 10.0 Å². The summed E-state index contributed by atoms with van der Waals surface area (Å²) < 4.78 is 60.9. The predicted octanol–water partition coefficient (Wildman–Crippen LogP) is 4.50. The Morgan fingerprint density at radius 2 is 1.45 bits per heavy atom. The molecule has 0 heterocycles. The minimum absolute atomic E-state index is 0.0620. The molecule has 0 aliphatic rings. The van der Waals surface area contributed by atoms with Crippen molar-refractivity contribution in [3.63, 3.8) is 0 Å². The van der Waals surface area contributed by atoms with Crippen LogP contribution >= 0.6 is 0 Å². The number of ether oxygens (including phenoxy) is 1. The van der Waals surface area contributed by atoms with E-state index in [9.17, 15) is 26.8 Å². The number of hydrogen-bond donors (Lipinski definition) is 1. The van der Waals surface area contributed by atoms with Crippen molar-refractivity contribution in [2.75, 3.05) is 18.0 Å². The van der Waals surface area contributed by atoms with Gasteiger partial charge in [0, 0.05) is 12.6 Å². The van der Waals surface area contributed by atoms with Gasteiger partial charge in [-0.05, 0) is 86.5 Å². The van der Waals surface area contributed by atoms with Crippen molar-refractivity contribution in [3.05, 3.63) is 90.0 Å². The normalized spacial score (nSPS) is 12.1. The second kappa shape index (κ2) is 13.4. The van der Waals surface area contributed by atoms with Gasteiger partial charge in [-0.1, -0.05) is 19.1 Å². The number of carbonyl (C=O) groups excluding carboxylic acids is 2. The molecule has 40 heavy (non-hydrogen) atoms. The fourth-order valence-corrected chi connectivity index (χ4v) is 5.51. The predicted molar refractivity (Wildman–Crippen MR) is 148 cm³/mol. The molecule has 3 aromatic carbocycles. The maximum absolute atomic E-state index is 13.9. The van der Waals surface area contributed by atoms with Crippen molar-refractivity contribution in [3.8, 4) is 5.75 Å².